The van der Waals surface area contributed by atoms with Crippen LogP contribution in [-0.4, -0.2) is 0 Å². The summed E-state index contributed by atoms with van der Waals surface area (Å²) in [5.41, 5.74) is 0. The SMILES string of the molecule is [C-]#[O+].[C-]#[O+].[C-]#[O+].[C-]#[O+].[CH-]1CCCC1.[Mn].[Mo+2].c1cc[cH-]c1.c1ccc(Pc2ccccc2)cc1. The van der Waals surface area contributed by atoms with Crippen molar-refractivity contribution in [1.29, 1.82) is 0 Å². The van der Waals surface area contributed by atoms with Crippen LogP contribution < -0.4 is 10.6 Å². The summed E-state index contributed by atoms with van der Waals surface area (Å²) in [5.74, 6) is 0. The van der Waals surface area contributed by atoms with Crippen molar-refractivity contribution in [2.45, 2.75) is 25.7 Å². The van der Waals surface area contributed by atoms with E-state index in [-0.39, 0.29) is 38.1 Å². The van der Waals surface area contributed by atoms with E-state index in [0.29, 0.717) is 0 Å². The zero-order valence-electron chi connectivity index (χ0n) is 18.0. The third kappa shape index (κ3) is 30.4. The predicted octanol–water partition coefficient (Wildman–Crippen LogP) is 5.33. The Labute approximate surface area is 224 Å². The Kier molecular flexibility index (Phi) is 51.4. The van der Waals surface area contributed by atoms with Crippen molar-refractivity contribution < 1.29 is 56.7 Å². The summed E-state index contributed by atoms with van der Waals surface area (Å²) in [6, 6.07) is 31.2. The average Bonchev–Trinajstić information content (AvgIpc) is 3.65. The minimum Gasteiger partial charge on any atom is -0.328 e. The summed E-state index contributed by atoms with van der Waals surface area (Å²) in [6.07, 6.45) is 8.00. The Morgan fingerprint density at radius 1 is 0.576 bits per heavy atom. The fourth-order valence-corrected chi connectivity index (χ4v) is 3.30. The molecule has 4 rings (SSSR count). The van der Waals surface area contributed by atoms with Crippen LogP contribution in [0.3, 0.4) is 0 Å². The van der Waals surface area contributed by atoms with Gasteiger partial charge < -0.3 is 6.42 Å². The standard InChI is InChI=1S/C12H11P.C5H9.C5H5.4CO.Mn.Mo/c1-3-7-11(8-4-1)13-12-9-5-2-6-10-12;2*1-2-4-5-3-1;4*1-2;;/h1-10,13H;1H,2-5H2;1-5H;;;;;;/q;2*-1;;;;;;+2. The van der Waals surface area contributed by atoms with Crippen molar-refractivity contribution in [3.05, 3.63) is 124 Å². The minimum atomic E-state index is 0. The molecular formula is C26H25MnMoO4P. The first-order valence-corrected chi connectivity index (χ1v) is 10.1. The Morgan fingerprint density at radius 3 is 1.12 bits per heavy atom. The molecule has 33 heavy (non-hydrogen) atoms. The molecule has 3 aromatic rings. The summed E-state index contributed by atoms with van der Waals surface area (Å²) < 4.78 is 30.0. The second-order valence-corrected chi connectivity index (χ2v) is 6.80. The number of hydrogen-bond acceptors (Lipinski definition) is 0. The average molecular weight is 583 g/mol. The fraction of sp³-hybridized carbons (Fsp3) is 0.154. The maximum absolute atomic E-state index is 7.50. The van der Waals surface area contributed by atoms with Gasteiger partial charge >= 0.3 is 66.3 Å². The first-order valence-electron chi connectivity index (χ1n) is 9.12. The molecule has 1 fully saturated rings. The van der Waals surface area contributed by atoms with Gasteiger partial charge in [-0.2, -0.15) is 31.0 Å². The molecule has 0 aliphatic heterocycles. The van der Waals surface area contributed by atoms with E-state index in [1.165, 1.54) is 36.3 Å². The van der Waals surface area contributed by atoms with Crippen molar-refractivity contribution in [2.24, 2.45) is 0 Å². The van der Waals surface area contributed by atoms with Crippen LogP contribution in [-0.2, 0) is 56.7 Å². The normalized spacial score (nSPS) is 8.97. The smallest absolute Gasteiger partial charge is 0.328 e. The van der Waals surface area contributed by atoms with Crippen molar-refractivity contribution >= 4 is 19.2 Å². The topological polar surface area (TPSA) is 79.6 Å². The third-order valence-electron chi connectivity index (χ3n) is 3.46. The van der Waals surface area contributed by atoms with Crippen LogP contribution in [0.15, 0.2) is 91.0 Å². The summed E-state index contributed by atoms with van der Waals surface area (Å²) in [7, 11) is 0.777. The van der Waals surface area contributed by atoms with Crippen LogP contribution >= 0.6 is 8.58 Å². The van der Waals surface area contributed by atoms with Gasteiger partial charge in [0.2, 0.25) is 0 Å². The molecule has 0 heterocycles. The number of hydrogen-bond donors (Lipinski definition) is 0. The molecule has 7 heteroatoms. The second kappa shape index (κ2) is 40.7. The van der Waals surface area contributed by atoms with Crippen LogP contribution in [0.5, 0.6) is 0 Å². The second-order valence-electron chi connectivity index (χ2n) is 5.39. The van der Waals surface area contributed by atoms with E-state index < -0.39 is 0 Å². The molecule has 0 aromatic heterocycles. The molecule has 1 radical (unpaired) electrons. The predicted molar refractivity (Wildman–Crippen MR) is 121 cm³/mol. The van der Waals surface area contributed by atoms with E-state index in [9.17, 15) is 0 Å². The molecule has 0 spiro atoms. The number of rotatable bonds is 2. The van der Waals surface area contributed by atoms with Gasteiger partial charge in [-0.1, -0.05) is 82.1 Å². The zero-order chi connectivity index (χ0) is 24.0. The Morgan fingerprint density at radius 2 is 0.909 bits per heavy atom. The Balaban J connectivity index is -0.000000111. The van der Waals surface area contributed by atoms with E-state index in [2.05, 4.69) is 93.7 Å². The molecule has 1 saturated carbocycles. The van der Waals surface area contributed by atoms with Gasteiger partial charge in [0.1, 0.15) is 0 Å². The molecule has 0 N–H and O–H groups in total. The van der Waals surface area contributed by atoms with Crippen LogP contribution in [0.2, 0.25) is 0 Å². The van der Waals surface area contributed by atoms with Gasteiger partial charge in [-0.25, -0.2) is 12.1 Å². The largest absolute Gasteiger partial charge is 2.00 e. The van der Waals surface area contributed by atoms with E-state index in [1.807, 2.05) is 30.3 Å². The van der Waals surface area contributed by atoms with Gasteiger partial charge in [0.25, 0.3) is 0 Å². The van der Waals surface area contributed by atoms with Crippen molar-refractivity contribution in [2.75, 3.05) is 0 Å². The molecule has 0 atom stereocenters. The summed E-state index contributed by atoms with van der Waals surface area (Å²) in [6.45, 7) is 18.0. The fourth-order valence-electron chi connectivity index (χ4n) is 2.25. The van der Waals surface area contributed by atoms with Crippen LogP contribution in [0.25, 0.3) is 0 Å². The third-order valence-corrected chi connectivity index (χ3v) is 4.70. The van der Waals surface area contributed by atoms with E-state index in [0.717, 1.165) is 8.58 Å². The van der Waals surface area contributed by atoms with E-state index in [1.54, 1.807) is 0 Å². The summed E-state index contributed by atoms with van der Waals surface area (Å²) >= 11 is 0. The monoisotopic (exact) mass is 585 g/mol. The van der Waals surface area contributed by atoms with Gasteiger partial charge in [-0.15, -0.1) is 0 Å². The van der Waals surface area contributed by atoms with Gasteiger partial charge in [0, 0.05) is 17.1 Å². The minimum absolute atomic E-state index is 0. The number of benzene rings is 2. The quantitative estimate of drug-likeness (QED) is 0.169. The molecular weight excluding hydrogens is 558 g/mol. The molecule has 171 valence electrons. The molecule has 0 amide bonds. The first kappa shape index (κ1) is 41.6. The van der Waals surface area contributed by atoms with Crippen molar-refractivity contribution in [1.82, 2.24) is 0 Å². The van der Waals surface area contributed by atoms with Crippen molar-refractivity contribution in [3.63, 3.8) is 0 Å². The molecule has 4 nitrogen and oxygen atoms in total. The molecule has 0 saturated heterocycles. The molecule has 0 unspecified atom stereocenters. The molecule has 0 bridgehead atoms. The van der Waals surface area contributed by atoms with Crippen LogP contribution in [0.4, 0.5) is 0 Å². The Bertz CT molecular complexity index is 683. The maximum atomic E-state index is 7.50. The van der Waals surface area contributed by atoms with E-state index in [4.69, 9.17) is 18.6 Å². The van der Waals surface area contributed by atoms with Gasteiger partial charge in [-0.3, -0.25) is 0 Å². The first-order chi connectivity index (χ1) is 15.4. The molecule has 1 aliphatic carbocycles. The summed E-state index contributed by atoms with van der Waals surface area (Å²) in [4.78, 5) is 0. The summed E-state index contributed by atoms with van der Waals surface area (Å²) in [5, 5.41) is 2.79. The van der Waals surface area contributed by atoms with E-state index >= 15 is 0 Å². The molecule has 3 aromatic carbocycles. The molecule has 1 aliphatic rings. The van der Waals surface area contributed by atoms with Gasteiger partial charge in [0.05, 0.1) is 0 Å². The maximum Gasteiger partial charge on any atom is 2.00 e. The van der Waals surface area contributed by atoms with Gasteiger partial charge in [0.15, 0.2) is 0 Å². The van der Waals surface area contributed by atoms with Gasteiger partial charge in [-0.05, 0) is 10.6 Å². The van der Waals surface area contributed by atoms with Crippen molar-refractivity contribution in [3.8, 4) is 0 Å². The Hall–Kier alpha value is -1.61. The zero-order valence-corrected chi connectivity index (χ0v) is 22.2. The van der Waals surface area contributed by atoms with Crippen LogP contribution in [0.1, 0.15) is 25.7 Å². The van der Waals surface area contributed by atoms with Crippen LogP contribution in [0, 0.1) is 33.0 Å².